The predicted octanol–water partition coefficient (Wildman–Crippen LogP) is 3.79. The molecule has 4 nitrogen and oxygen atoms in total. The summed E-state index contributed by atoms with van der Waals surface area (Å²) in [5.41, 5.74) is 4.29. The first-order valence-corrected chi connectivity index (χ1v) is 9.63. The standard InChI is InChI=1S/C23H30N2O2/c1-5-21(23(27)24-6-2)25(16-20-13-8-7-11-18(20)4)22(26)15-19-12-9-10-17(3)14-19/h7-14,21H,5-6,15-16H2,1-4H3,(H,24,27)/t21-/m1/s1. The highest BCUT2D eigenvalue weighted by Crippen LogP contribution is 2.17. The maximum atomic E-state index is 13.2. The number of nitrogens with zero attached hydrogens (tertiary/aromatic N) is 1. The fourth-order valence-electron chi connectivity index (χ4n) is 3.28. The second-order valence-corrected chi connectivity index (χ2v) is 6.93. The van der Waals surface area contributed by atoms with Gasteiger partial charge in [0.15, 0.2) is 0 Å². The van der Waals surface area contributed by atoms with E-state index in [9.17, 15) is 9.59 Å². The predicted molar refractivity (Wildman–Crippen MR) is 109 cm³/mol. The zero-order valence-corrected chi connectivity index (χ0v) is 16.8. The van der Waals surface area contributed by atoms with Crippen molar-refractivity contribution in [1.82, 2.24) is 10.2 Å². The smallest absolute Gasteiger partial charge is 0.242 e. The van der Waals surface area contributed by atoms with Gasteiger partial charge in [0, 0.05) is 13.1 Å². The largest absolute Gasteiger partial charge is 0.355 e. The molecule has 27 heavy (non-hydrogen) atoms. The molecule has 0 fully saturated rings. The Morgan fingerprint density at radius 3 is 2.41 bits per heavy atom. The first-order valence-electron chi connectivity index (χ1n) is 9.63. The first-order chi connectivity index (χ1) is 13.0. The highest BCUT2D eigenvalue weighted by Gasteiger charge is 2.28. The number of nitrogens with one attached hydrogen (secondary N) is 1. The summed E-state index contributed by atoms with van der Waals surface area (Å²) < 4.78 is 0. The quantitative estimate of drug-likeness (QED) is 0.773. The molecule has 0 saturated carbocycles. The molecule has 0 radical (unpaired) electrons. The number of likely N-dealkylation sites (N-methyl/N-ethyl adjacent to an activating group) is 1. The summed E-state index contributed by atoms with van der Waals surface area (Å²) in [5, 5.41) is 2.87. The Morgan fingerprint density at radius 2 is 1.78 bits per heavy atom. The van der Waals surface area contributed by atoms with Gasteiger partial charge in [-0.1, -0.05) is 61.0 Å². The molecule has 0 saturated heterocycles. The summed E-state index contributed by atoms with van der Waals surface area (Å²) in [6, 6.07) is 15.5. The summed E-state index contributed by atoms with van der Waals surface area (Å²) in [7, 11) is 0. The van der Waals surface area contributed by atoms with Gasteiger partial charge in [-0.05, 0) is 43.9 Å². The van der Waals surface area contributed by atoms with Gasteiger partial charge in [-0.25, -0.2) is 0 Å². The van der Waals surface area contributed by atoms with Crippen molar-refractivity contribution in [1.29, 1.82) is 0 Å². The van der Waals surface area contributed by atoms with E-state index in [1.807, 2.05) is 76.2 Å². The van der Waals surface area contributed by atoms with E-state index < -0.39 is 6.04 Å². The minimum Gasteiger partial charge on any atom is -0.355 e. The van der Waals surface area contributed by atoms with Crippen molar-refractivity contribution in [3.63, 3.8) is 0 Å². The number of carbonyl (C=O) groups is 2. The van der Waals surface area contributed by atoms with Crippen molar-refractivity contribution in [2.75, 3.05) is 6.54 Å². The number of aryl methyl sites for hydroxylation is 2. The molecule has 2 aromatic carbocycles. The van der Waals surface area contributed by atoms with Crippen molar-refractivity contribution in [2.24, 2.45) is 0 Å². The van der Waals surface area contributed by atoms with Crippen LogP contribution in [0.25, 0.3) is 0 Å². The normalized spacial score (nSPS) is 11.7. The van der Waals surface area contributed by atoms with Gasteiger partial charge in [0.25, 0.3) is 0 Å². The molecule has 2 aromatic rings. The third kappa shape index (κ3) is 5.68. The van der Waals surface area contributed by atoms with E-state index in [0.29, 0.717) is 25.9 Å². The second-order valence-electron chi connectivity index (χ2n) is 6.93. The van der Waals surface area contributed by atoms with Crippen LogP contribution in [0.4, 0.5) is 0 Å². The number of amides is 2. The van der Waals surface area contributed by atoms with E-state index >= 15 is 0 Å². The second kappa shape index (κ2) is 9.91. The Morgan fingerprint density at radius 1 is 1.04 bits per heavy atom. The molecule has 144 valence electrons. The number of carbonyl (C=O) groups excluding carboxylic acids is 2. The molecule has 1 atom stereocenters. The van der Waals surface area contributed by atoms with Crippen LogP contribution >= 0.6 is 0 Å². The molecule has 0 aromatic heterocycles. The zero-order valence-electron chi connectivity index (χ0n) is 16.8. The third-order valence-electron chi connectivity index (χ3n) is 4.78. The number of benzene rings is 2. The van der Waals surface area contributed by atoms with E-state index in [1.54, 1.807) is 4.90 Å². The van der Waals surface area contributed by atoms with Crippen LogP contribution in [0.15, 0.2) is 48.5 Å². The van der Waals surface area contributed by atoms with Crippen LogP contribution in [-0.4, -0.2) is 29.3 Å². The molecule has 2 amide bonds. The Balaban J connectivity index is 2.31. The van der Waals surface area contributed by atoms with E-state index in [4.69, 9.17) is 0 Å². The lowest BCUT2D eigenvalue weighted by atomic mass is 10.0. The third-order valence-corrected chi connectivity index (χ3v) is 4.78. The minimum atomic E-state index is -0.470. The van der Waals surface area contributed by atoms with Gasteiger partial charge < -0.3 is 10.2 Å². The van der Waals surface area contributed by atoms with Crippen LogP contribution in [0.1, 0.15) is 42.5 Å². The average molecular weight is 367 g/mol. The fraction of sp³-hybridized carbons (Fsp3) is 0.391. The van der Waals surface area contributed by atoms with Crippen molar-refractivity contribution in [2.45, 2.75) is 53.1 Å². The SMILES string of the molecule is CCNC(=O)[C@@H](CC)N(Cc1ccccc1C)C(=O)Cc1cccc(C)c1. The van der Waals surface area contributed by atoms with Crippen molar-refractivity contribution >= 4 is 11.8 Å². The van der Waals surface area contributed by atoms with Crippen molar-refractivity contribution < 1.29 is 9.59 Å². The lowest BCUT2D eigenvalue weighted by molar-refractivity contribution is -0.140. The maximum absolute atomic E-state index is 13.2. The van der Waals surface area contributed by atoms with Gasteiger partial charge in [0.2, 0.25) is 11.8 Å². The summed E-state index contributed by atoms with van der Waals surface area (Å²) in [6.45, 7) is 8.89. The highest BCUT2D eigenvalue weighted by atomic mass is 16.2. The molecular weight excluding hydrogens is 336 g/mol. The summed E-state index contributed by atoms with van der Waals surface area (Å²) in [5.74, 6) is -0.117. The lowest BCUT2D eigenvalue weighted by Gasteiger charge is -2.31. The monoisotopic (exact) mass is 366 g/mol. The molecule has 1 N–H and O–H groups in total. The molecule has 0 unspecified atom stereocenters. The van der Waals surface area contributed by atoms with Gasteiger partial charge in [-0.2, -0.15) is 0 Å². The van der Waals surface area contributed by atoms with Crippen LogP contribution in [0, 0.1) is 13.8 Å². The van der Waals surface area contributed by atoms with Crippen LogP contribution in [0.2, 0.25) is 0 Å². The molecular formula is C23H30N2O2. The van der Waals surface area contributed by atoms with Gasteiger partial charge in [0.05, 0.1) is 6.42 Å². The molecule has 0 aliphatic rings. The first kappa shape index (κ1) is 20.7. The van der Waals surface area contributed by atoms with Crippen LogP contribution < -0.4 is 5.32 Å². The van der Waals surface area contributed by atoms with Gasteiger partial charge >= 0.3 is 0 Å². The zero-order chi connectivity index (χ0) is 19.8. The van der Waals surface area contributed by atoms with Gasteiger partial charge in [-0.3, -0.25) is 9.59 Å². The van der Waals surface area contributed by atoms with Gasteiger partial charge in [-0.15, -0.1) is 0 Å². The van der Waals surface area contributed by atoms with Crippen molar-refractivity contribution in [3.05, 3.63) is 70.8 Å². The summed E-state index contributed by atoms with van der Waals surface area (Å²) in [6.07, 6.45) is 0.876. The molecule has 0 heterocycles. The summed E-state index contributed by atoms with van der Waals surface area (Å²) in [4.78, 5) is 27.5. The van der Waals surface area contributed by atoms with E-state index in [0.717, 1.165) is 22.3 Å². The van der Waals surface area contributed by atoms with Crippen molar-refractivity contribution in [3.8, 4) is 0 Å². The summed E-state index contributed by atoms with van der Waals surface area (Å²) >= 11 is 0. The minimum absolute atomic E-state index is 0.0260. The lowest BCUT2D eigenvalue weighted by Crippen LogP contribution is -2.49. The molecule has 2 rings (SSSR count). The van der Waals surface area contributed by atoms with E-state index in [2.05, 4.69) is 5.32 Å². The Labute approximate surface area is 162 Å². The number of hydrogen-bond acceptors (Lipinski definition) is 2. The van der Waals surface area contributed by atoms with E-state index in [1.165, 1.54) is 0 Å². The molecule has 0 spiro atoms. The fourth-order valence-corrected chi connectivity index (χ4v) is 3.28. The Hall–Kier alpha value is -2.62. The van der Waals surface area contributed by atoms with Crippen LogP contribution in [-0.2, 0) is 22.6 Å². The Kier molecular flexibility index (Phi) is 7.59. The van der Waals surface area contributed by atoms with Gasteiger partial charge in [0.1, 0.15) is 6.04 Å². The molecule has 0 aliphatic heterocycles. The maximum Gasteiger partial charge on any atom is 0.242 e. The van der Waals surface area contributed by atoms with Crippen LogP contribution in [0.5, 0.6) is 0 Å². The topological polar surface area (TPSA) is 49.4 Å². The highest BCUT2D eigenvalue weighted by molar-refractivity contribution is 5.88. The molecule has 0 aliphatic carbocycles. The van der Waals surface area contributed by atoms with E-state index in [-0.39, 0.29) is 11.8 Å². The Bertz CT molecular complexity index is 785. The molecule has 4 heteroatoms. The number of hydrogen-bond donors (Lipinski definition) is 1. The number of rotatable bonds is 8. The average Bonchev–Trinajstić information content (AvgIpc) is 2.63. The molecule has 0 bridgehead atoms. The van der Waals surface area contributed by atoms with Crippen LogP contribution in [0.3, 0.4) is 0 Å².